The van der Waals surface area contributed by atoms with Crippen LogP contribution in [0, 0.1) is 11.7 Å². The Morgan fingerprint density at radius 3 is 2.28 bits per heavy atom. The maximum absolute atomic E-state index is 13.5. The van der Waals surface area contributed by atoms with E-state index in [1.165, 1.54) is 17.7 Å². The monoisotopic (exact) mass is 433 g/mol. The summed E-state index contributed by atoms with van der Waals surface area (Å²) in [6.45, 7) is 6.55. The number of rotatable bonds is 9. The lowest BCUT2D eigenvalue weighted by atomic mass is 9.92. The number of carbonyl (C=O) groups excluding carboxylic acids is 1. The Labute approximate surface area is 190 Å². The van der Waals surface area contributed by atoms with Crippen LogP contribution < -0.4 is 10.6 Å². The van der Waals surface area contributed by atoms with Crippen molar-refractivity contribution in [2.75, 3.05) is 4.90 Å². The van der Waals surface area contributed by atoms with E-state index in [1.54, 1.807) is 17.0 Å². The highest BCUT2D eigenvalue weighted by molar-refractivity contribution is 5.96. The van der Waals surface area contributed by atoms with Crippen LogP contribution in [0.25, 0.3) is 0 Å². The summed E-state index contributed by atoms with van der Waals surface area (Å²) in [4.78, 5) is 19.5. The highest BCUT2D eigenvalue weighted by Crippen LogP contribution is 2.27. The van der Waals surface area contributed by atoms with Crippen molar-refractivity contribution in [3.05, 3.63) is 95.6 Å². The van der Waals surface area contributed by atoms with Gasteiger partial charge in [0.15, 0.2) is 0 Å². The Balaban J connectivity index is 1.84. The summed E-state index contributed by atoms with van der Waals surface area (Å²) >= 11 is 0. The molecule has 4 nitrogen and oxygen atoms in total. The number of nitrogens with two attached hydrogens (primary N) is 1. The van der Waals surface area contributed by atoms with Crippen molar-refractivity contribution in [1.82, 2.24) is 4.98 Å². The van der Waals surface area contributed by atoms with Gasteiger partial charge in [0, 0.05) is 23.5 Å². The molecule has 2 atom stereocenters. The Hall–Kier alpha value is -3.05. The van der Waals surface area contributed by atoms with E-state index in [9.17, 15) is 9.18 Å². The van der Waals surface area contributed by atoms with E-state index in [0.717, 1.165) is 17.7 Å². The van der Waals surface area contributed by atoms with Gasteiger partial charge in [-0.15, -0.1) is 0 Å². The number of hydrogen-bond acceptors (Lipinski definition) is 3. The molecule has 2 unspecified atom stereocenters. The number of halogens is 1. The fraction of sp³-hybridized carbons (Fsp3) is 0.333. The smallest absolute Gasteiger partial charge is 0.244 e. The molecule has 3 aromatic rings. The molecule has 2 N–H and O–H groups in total. The highest BCUT2D eigenvalue weighted by Gasteiger charge is 2.24. The van der Waals surface area contributed by atoms with Crippen LogP contribution in [-0.4, -0.2) is 16.9 Å². The fourth-order valence-corrected chi connectivity index (χ4v) is 3.95. The van der Waals surface area contributed by atoms with E-state index >= 15 is 0 Å². The second kappa shape index (κ2) is 11.0. The summed E-state index contributed by atoms with van der Waals surface area (Å²) in [6.07, 6.45) is 3.35. The van der Waals surface area contributed by atoms with Crippen LogP contribution >= 0.6 is 0 Å². The molecule has 0 aliphatic heterocycles. The minimum Gasteiger partial charge on any atom is -0.320 e. The molecule has 32 heavy (non-hydrogen) atoms. The van der Waals surface area contributed by atoms with Crippen molar-refractivity contribution in [1.29, 1.82) is 0 Å². The van der Waals surface area contributed by atoms with Crippen LogP contribution in [0.3, 0.4) is 0 Å². The largest absolute Gasteiger partial charge is 0.320 e. The molecule has 0 bridgehead atoms. The van der Waals surface area contributed by atoms with Crippen molar-refractivity contribution in [2.24, 2.45) is 11.7 Å². The summed E-state index contributed by atoms with van der Waals surface area (Å²) in [5, 5.41) is 0. The van der Waals surface area contributed by atoms with Gasteiger partial charge in [-0.25, -0.2) is 4.39 Å². The quantitative estimate of drug-likeness (QED) is 0.473. The SMILES string of the molecule is CCC(c1ccccc1)c1ccc(CN(C(=O)C(N)CC(C)C)c2ccc(F)cc2)cn1. The Kier molecular flexibility index (Phi) is 8.12. The minimum atomic E-state index is -0.616. The maximum atomic E-state index is 13.5. The molecule has 0 aliphatic rings. The van der Waals surface area contributed by atoms with E-state index in [4.69, 9.17) is 10.7 Å². The van der Waals surface area contributed by atoms with Crippen LogP contribution in [-0.2, 0) is 11.3 Å². The van der Waals surface area contributed by atoms with Gasteiger partial charge in [-0.05, 0) is 60.2 Å². The fourth-order valence-electron chi connectivity index (χ4n) is 3.95. The van der Waals surface area contributed by atoms with Gasteiger partial charge in [0.2, 0.25) is 5.91 Å². The normalized spacial score (nSPS) is 13.1. The van der Waals surface area contributed by atoms with Crippen molar-refractivity contribution in [3.8, 4) is 0 Å². The lowest BCUT2D eigenvalue weighted by Gasteiger charge is -2.27. The lowest BCUT2D eigenvalue weighted by molar-refractivity contribution is -0.120. The summed E-state index contributed by atoms with van der Waals surface area (Å²) in [7, 11) is 0. The zero-order valence-electron chi connectivity index (χ0n) is 19.0. The molecule has 1 aromatic heterocycles. The zero-order valence-corrected chi connectivity index (χ0v) is 19.0. The first-order chi connectivity index (χ1) is 15.4. The second-order valence-electron chi connectivity index (χ2n) is 8.60. The molecule has 1 heterocycles. The van der Waals surface area contributed by atoms with E-state index in [2.05, 4.69) is 19.1 Å². The van der Waals surface area contributed by atoms with E-state index in [-0.39, 0.29) is 17.6 Å². The van der Waals surface area contributed by atoms with Crippen LogP contribution in [0.1, 0.15) is 56.4 Å². The van der Waals surface area contributed by atoms with Gasteiger partial charge < -0.3 is 10.6 Å². The Morgan fingerprint density at radius 1 is 1.03 bits per heavy atom. The second-order valence-corrected chi connectivity index (χ2v) is 8.60. The van der Waals surface area contributed by atoms with E-state index in [0.29, 0.717) is 24.6 Å². The number of pyridine rings is 1. The lowest BCUT2D eigenvalue weighted by Crippen LogP contribution is -2.44. The summed E-state index contributed by atoms with van der Waals surface area (Å²) in [5.41, 5.74) is 9.95. The van der Waals surface area contributed by atoms with Crippen LogP contribution in [0.5, 0.6) is 0 Å². The Morgan fingerprint density at radius 2 is 1.72 bits per heavy atom. The molecule has 0 aliphatic carbocycles. The van der Waals surface area contributed by atoms with Crippen LogP contribution in [0.4, 0.5) is 10.1 Å². The summed E-state index contributed by atoms with van der Waals surface area (Å²) < 4.78 is 13.5. The topological polar surface area (TPSA) is 59.2 Å². The van der Waals surface area contributed by atoms with E-state index in [1.807, 2.05) is 50.4 Å². The van der Waals surface area contributed by atoms with Crippen molar-refractivity contribution < 1.29 is 9.18 Å². The zero-order chi connectivity index (χ0) is 23.1. The van der Waals surface area contributed by atoms with E-state index < -0.39 is 6.04 Å². The first kappa shape index (κ1) is 23.6. The molecule has 3 rings (SSSR count). The molecule has 168 valence electrons. The van der Waals surface area contributed by atoms with Gasteiger partial charge in [0.1, 0.15) is 5.82 Å². The van der Waals surface area contributed by atoms with Gasteiger partial charge in [0.05, 0.1) is 12.6 Å². The average molecular weight is 434 g/mol. The molecular weight excluding hydrogens is 401 g/mol. The standard InChI is InChI=1S/C27H32FN3O/c1-4-24(21-8-6-5-7-9-21)26-15-10-20(17-30-26)18-31(23-13-11-22(28)12-14-23)27(32)25(29)16-19(2)3/h5-15,17,19,24-25H,4,16,18,29H2,1-3H3. The number of anilines is 1. The molecule has 0 radical (unpaired) electrons. The predicted octanol–water partition coefficient (Wildman–Crippen LogP) is 5.67. The number of nitrogens with zero attached hydrogens (tertiary/aromatic N) is 2. The Bertz CT molecular complexity index is 988. The average Bonchev–Trinajstić information content (AvgIpc) is 2.79. The molecule has 0 fully saturated rings. The van der Waals surface area contributed by atoms with Gasteiger partial charge in [-0.1, -0.05) is 57.2 Å². The van der Waals surface area contributed by atoms with Crippen molar-refractivity contribution in [2.45, 2.75) is 52.1 Å². The summed E-state index contributed by atoms with van der Waals surface area (Å²) in [5.74, 6) is 0.00347. The molecule has 0 spiro atoms. The predicted molar refractivity (Wildman–Crippen MR) is 128 cm³/mol. The molecule has 0 saturated carbocycles. The van der Waals surface area contributed by atoms with Gasteiger partial charge in [-0.2, -0.15) is 0 Å². The first-order valence-corrected chi connectivity index (χ1v) is 11.2. The molecular formula is C27H32FN3O. The molecule has 1 amide bonds. The molecule has 5 heteroatoms. The van der Waals surface area contributed by atoms with Gasteiger partial charge in [0.25, 0.3) is 0 Å². The number of amides is 1. The highest BCUT2D eigenvalue weighted by atomic mass is 19.1. The maximum Gasteiger partial charge on any atom is 0.244 e. The number of hydrogen-bond donors (Lipinski definition) is 1. The number of benzene rings is 2. The van der Waals surface area contributed by atoms with Gasteiger partial charge in [-0.3, -0.25) is 9.78 Å². The number of aromatic nitrogens is 1. The first-order valence-electron chi connectivity index (χ1n) is 11.2. The van der Waals surface area contributed by atoms with Crippen LogP contribution in [0.2, 0.25) is 0 Å². The van der Waals surface area contributed by atoms with Crippen molar-refractivity contribution >= 4 is 11.6 Å². The molecule has 0 saturated heterocycles. The number of carbonyl (C=O) groups is 1. The van der Waals surface area contributed by atoms with Gasteiger partial charge >= 0.3 is 0 Å². The minimum absolute atomic E-state index is 0.176. The van der Waals surface area contributed by atoms with Crippen LogP contribution in [0.15, 0.2) is 72.9 Å². The third-order valence-electron chi connectivity index (χ3n) is 5.60. The summed E-state index contributed by atoms with van der Waals surface area (Å²) in [6, 6.07) is 19.7. The third kappa shape index (κ3) is 6.01. The van der Waals surface area contributed by atoms with Crippen molar-refractivity contribution in [3.63, 3.8) is 0 Å². The third-order valence-corrected chi connectivity index (χ3v) is 5.60. The molecule has 2 aromatic carbocycles.